The van der Waals surface area contributed by atoms with Gasteiger partial charge in [0, 0.05) is 0 Å². The normalized spacial score (nSPS) is 10.6. The second-order valence-electron chi connectivity index (χ2n) is 4.82. The molecule has 0 heterocycles. The van der Waals surface area contributed by atoms with Crippen LogP contribution in [0.2, 0.25) is 0 Å². The molecule has 0 aliphatic carbocycles. The smallest absolute Gasteiger partial charge is 0.175 e. The second kappa shape index (κ2) is 11.3. The van der Waals surface area contributed by atoms with Gasteiger partial charge in [-0.25, -0.2) is 0 Å². The van der Waals surface area contributed by atoms with Crippen molar-refractivity contribution in [1.29, 1.82) is 0 Å². The van der Waals surface area contributed by atoms with Gasteiger partial charge in [0.25, 0.3) is 0 Å². The lowest BCUT2D eigenvalue weighted by Crippen LogP contribution is -2.00. The third kappa shape index (κ3) is 6.89. The SMILES string of the molecule is COc1cccc(Br)c1OCCCCCCCCCS. The summed E-state index contributed by atoms with van der Waals surface area (Å²) in [5.41, 5.74) is 0. The highest BCUT2D eigenvalue weighted by atomic mass is 79.9. The molecule has 4 heteroatoms. The molecule has 0 spiro atoms. The van der Waals surface area contributed by atoms with Crippen molar-refractivity contribution in [2.24, 2.45) is 0 Å². The van der Waals surface area contributed by atoms with Crippen molar-refractivity contribution in [2.75, 3.05) is 19.5 Å². The summed E-state index contributed by atoms with van der Waals surface area (Å²) in [5, 5.41) is 0. The topological polar surface area (TPSA) is 18.5 Å². The van der Waals surface area contributed by atoms with Crippen molar-refractivity contribution in [3.05, 3.63) is 22.7 Å². The van der Waals surface area contributed by atoms with Crippen molar-refractivity contribution >= 4 is 28.6 Å². The van der Waals surface area contributed by atoms with E-state index in [1.807, 2.05) is 18.2 Å². The fourth-order valence-corrected chi connectivity index (χ4v) is 2.75. The molecule has 114 valence electrons. The largest absolute Gasteiger partial charge is 0.493 e. The van der Waals surface area contributed by atoms with Crippen molar-refractivity contribution in [3.63, 3.8) is 0 Å². The molecule has 1 aromatic carbocycles. The lowest BCUT2D eigenvalue weighted by Gasteiger charge is -2.12. The molecular formula is C16H25BrO2S. The predicted molar refractivity (Wildman–Crippen MR) is 92.4 cm³/mol. The molecule has 0 aliphatic heterocycles. The maximum atomic E-state index is 5.82. The number of thiol groups is 1. The van der Waals surface area contributed by atoms with Gasteiger partial charge in [0.15, 0.2) is 11.5 Å². The maximum Gasteiger partial charge on any atom is 0.175 e. The van der Waals surface area contributed by atoms with E-state index in [1.165, 1.54) is 38.5 Å². The number of hydrogen-bond acceptors (Lipinski definition) is 3. The predicted octanol–water partition coefficient (Wildman–Crippen LogP) is 5.50. The number of benzene rings is 1. The van der Waals surface area contributed by atoms with Crippen LogP contribution in [0.4, 0.5) is 0 Å². The Labute approximate surface area is 136 Å². The summed E-state index contributed by atoms with van der Waals surface area (Å²) in [6.07, 6.45) is 8.83. The van der Waals surface area contributed by atoms with Gasteiger partial charge >= 0.3 is 0 Å². The number of methoxy groups -OCH3 is 1. The Hall–Kier alpha value is -0.350. The summed E-state index contributed by atoms with van der Waals surface area (Å²) >= 11 is 7.72. The summed E-state index contributed by atoms with van der Waals surface area (Å²) in [4.78, 5) is 0. The minimum atomic E-state index is 0.746. The molecule has 0 radical (unpaired) electrons. The summed E-state index contributed by atoms with van der Waals surface area (Å²) in [6, 6.07) is 5.83. The molecular weight excluding hydrogens is 336 g/mol. The minimum Gasteiger partial charge on any atom is -0.493 e. The van der Waals surface area contributed by atoms with Crippen LogP contribution in [-0.2, 0) is 0 Å². The van der Waals surface area contributed by atoms with Crippen LogP contribution in [-0.4, -0.2) is 19.5 Å². The summed E-state index contributed by atoms with van der Waals surface area (Å²) in [6.45, 7) is 0.746. The molecule has 0 N–H and O–H groups in total. The number of hydrogen-bond donors (Lipinski definition) is 1. The zero-order valence-corrected chi connectivity index (χ0v) is 14.7. The third-order valence-electron chi connectivity index (χ3n) is 3.20. The van der Waals surface area contributed by atoms with Gasteiger partial charge < -0.3 is 9.47 Å². The molecule has 0 aromatic heterocycles. The first-order valence-corrected chi connectivity index (χ1v) is 8.78. The Balaban J connectivity index is 2.12. The molecule has 0 atom stereocenters. The fourth-order valence-electron chi connectivity index (χ4n) is 2.06. The standard InChI is InChI=1S/C16H25BrO2S/c1-18-15-11-9-10-14(17)16(15)19-12-7-5-3-2-4-6-8-13-20/h9-11,20H,2-8,12-13H2,1H3. The molecule has 0 aliphatic rings. The van der Waals surface area contributed by atoms with Gasteiger partial charge in [0.2, 0.25) is 0 Å². The Morgan fingerprint density at radius 3 is 2.30 bits per heavy atom. The van der Waals surface area contributed by atoms with E-state index < -0.39 is 0 Å². The van der Waals surface area contributed by atoms with Crippen LogP contribution in [0, 0.1) is 0 Å². The lowest BCUT2D eigenvalue weighted by atomic mass is 10.1. The van der Waals surface area contributed by atoms with Crippen LogP contribution in [0.1, 0.15) is 44.9 Å². The van der Waals surface area contributed by atoms with Gasteiger partial charge in [0.05, 0.1) is 18.2 Å². The Bertz CT molecular complexity index is 371. The van der Waals surface area contributed by atoms with E-state index in [2.05, 4.69) is 28.6 Å². The Morgan fingerprint density at radius 1 is 1.00 bits per heavy atom. The highest BCUT2D eigenvalue weighted by Gasteiger charge is 2.07. The fraction of sp³-hybridized carbons (Fsp3) is 0.625. The number of rotatable bonds is 11. The first kappa shape index (κ1) is 17.7. The average molecular weight is 361 g/mol. The Kier molecular flexibility index (Phi) is 10.0. The molecule has 0 saturated heterocycles. The van der Waals surface area contributed by atoms with Gasteiger partial charge in [-0.1, -0.05) is 38.2 Å². The molecule has 0 saturated carbocycles. The van der Waals surface area contributed by atoms with E-state index in [1.54, 1.807) is 7.11 Å². The first-order chi connectivity index (χ1) is 9.79. The van der Waals surface area contributed by atoms with Crippen molar-refractivity contribution in [1.82, 2.24) is 0 Å². The van der Waals surface area contributed by atoms with Crippen LogP contribution in [0.5, 0.6) is 11.5 Å². The minimum absolute atomic E-state index is 0.746. The van der Waals surface area contributed by atoms with E-state index in [0.717, 1.165) is 34.8 Å². The van der Waals surface area contributed by atoms with Gasteiger partial charge in [0.1, 0.15) is 0 Å². The molecule has 0 unspecified atom stereocenters. The molecule has 1 rings (SSSR count). The molecule has 0 bridgehead atoms. The van der Waals surface area contributed by atoms with Gasteiger partial charge in [-0.05, 0) is 46.7 Å². The maximum absolute atomic E-state index is 5.82. The number of para-hydroxylation sites is 1. The van der Waals surface area contributed by atoms with E-state index in [0.29, 0.717) is 0 Å². The molecule has 0 amide bonds. The monoisotopic (exact) mass is 360 g/mol. The quantitative estimate of drug-likeness (QED) is 0.415. The summed E-state index contributed by atoms with van der Waals surface area (Å²) in [7, 11) is 1.67. The zero-order chi connectivity index (χ0) is 14.6. The average Bonchev–Trinajstić information content (AvgIpc) is 2.46. The highest BCUT2D eigenvalue weighted by molar-refractivity contribution is 9.10. The zero-order valence-electron chi connectivity index (χ0n) is 12.2. The van der Waals surface area contributed by atoms with Crippen LogP contribution >= 0.6 is 28.6 Å². The van der Waals surface area contributed by atoms with E-state index in [-0.39, 0.29) is 0 Å². The van der Waals surface area contributed by atoms with Crippen LogP contribution in [0.3, 0.4) is 0 Å². The lowest BCUT2D eigenvalue weighted by molar-refractivity contribution is 0.283. The molecule has 20 heavy (non-hydrogen) atoms. The number of ether oxygens (including phenoxy) is 2. The Morgan fingerprint density at radius 2 is 1.65 bits per heavy atom. The number of unbranched alkanes of at least 4 members (excludes halogenated alkanes) is 6. The van der Waals surface area contributed by atoms with Crippen LogP contribution < -0.4 is 9.47 Å². The second-order valence-corrected chi connectivity index (χ2v) is 6.12. The van der Waals surface area contributed by atoms with Crippen molar-refractivity contribution < 1.29 is 9.47 Å². The highest BCUT2D eigenvalue weighted by Crippen LogP contribution is 2.34. The third-order valence-corrected chi connectivity index (χ3v) is 4.14. The van der Waals surface area contributed by atoms with Crippen LogP contribution in [0.15, 0.2) is 22.7 Å². The molecule has 0 fully saturated rings. The van der Waals surface area contributed by atoms with Crippen LogP contribution in [0.25, 0.3) is 0 Å². The molecule has 1 aromatic rings. The van der Waals surface area contributed by atoms with Gasteiger partial charge in [-0.15, -0.1) is 0 Å². The summed E-state index contributed by atoms with van der Waals surface area (Å²) in [5.74, 6) is 2.61. The first-order valence-electron chi connectivity index (χ1n) is 7.35. The molecule has 2 nitrogen and oxygen atoms in total. The van der Waals surface area contributed by atoms with E-state index in [4.69, 9.17) is 9.47 Å². The van der Waals surface area contributed by atoms with Gasteiger partial charge in [-0.2, -0.15) is 12.6 Å². The summed E-state index contributed by atoms with van der Waals surface area (Å²) < 4.78 is 12.1. The van der Waals surface area contributed by atoms with Crippen molar-refractivity contribution in [2.45, 2.75) is 44.9 Å². The van der Waals surface area contributed by atoms with E-state index >= 15 is 0 Å². The number of halogens is 1. The van der Waals surface area contributed by atoms with Crippen molar-refractivity contribution in [3.8, 4) is 11.5 Å². The van der Waals surface area contributed by atoms with Gasteiger partial charge in [-0.3, -0.25) is 0 Å². The van der Waals surface area contributed by atoms with E-state index in [9.17, 15) is 0 Å².